The Labute approximate surface area is 126 Å². The number of hydrogen-bond acceptors (Lipinski definition) is 4. The number of hydrogen-bond donors (Lipinski definition) is 1. The SMILES string of the molecule is COc1cccc(NC(=O)Cn2c(C)nc(Cl)cc2=O)c1. The maximum absolute atomic E-state index is 12.0. The lowest BCUT2D eigenvalue weighted by Crippen LogP contribution is -2.29. The van der Waals surface area contributed by atoms with E-state index in [9.17, 15) is 9.59 Å². The molecule has 7 heteroatoms. The molecule has 0 aliphatic rings. The topological polar surface area (TPSA) is 73.2 Å². The summed E-state index contributed by atoms with van der Waals surface area (Å²) >= 11 is 5.68. The second-order valence-electron chi connectivity index (χ2n) is 4.33. The number of carbonyl (C=O) groups excluding carboxylic acids is 1. The highest BCUT2D eigenvalue weighted by atomic mass is 35.5. The summed E-state index contributed by atoms with van der Waals surface area (Å²) in [4.78, 5) is 27.7. The van der Waals surface area contributed by atoms with Crippen molar-refractivity contribution in [2.75, 3.05) is 12.4 Å². The van der Waals surface area contributed by atoms with E-state index in [4.69, 9.17) is 16.3 Å². The maximum atomic E-state index is 12.0. The summed E-state index contributed by atoms with van der Waals surface area (Å²) in [6, 6.07) is 8.13. The predicted molar refractivity (Wildman–Crippen MR) is 79.9 cm³/mol. The van der Waals surface area contributed by atoms with Gasteiger partial charge < -0.3 is 10.1 Å². The molecule has 0 aliphatic carbocycles. The average Bonchev–Trinajstić information content (AvgIpc) is 2.43. The van der Waals surface area contributed by atoms with Crippen LogP contribution < -0.4 is 15.6 Å². The van der Waals surface area contributed by atoms with Gasteiger partial charge in [0.25, 0.3) is 5.56 Å². The molecule has 1 aromatic heterocycles. The van der Waals surface area contributed by atoms with Gasteiger partial charge in [-0.3, -0.25) is 14.2 Å². The predicted octanol–water partition coefficient (Wildman–Crippen LogP) is 1.85. The van der Waals surface area contributed by atoms with Crippen LogP contribution in [-0.2, 0) is 11.3 Å². The molecular weight excluding hydrogens is 294 g/mol. The average molecular weight is 308 g/mol. The number of amides is 1. The molecule has 21 heavy (non-hydrogen) atoms. The van der Waals surface area contributed by atoms with Gasteiger partial charge in [0.15, 0.2) is 0 Å². The van der Waals surface area contributed by atoms with Crippen molar-refractivity contribution >= 4 is 23.2 Å². The van der Waals surface area contributed by atoms with Crippen LogP contribution in [0.4, 0.5) is 5.69 Å². The number of aryl methyl sites for hydroxylation is 1. The molecule has 0 fully saturated rings. The van der Waals surface area contributed by atoms with Gasteiger partial charge in [0, 0.05) is 17.8 Å². The number of benzene rings is 1. The quantitative estimate of drug-likeness (QED) is 0.875. The number of nitrogens with zero attached hydrogens (tertiary/aromatic N) is 2. The number of anilines is 1. The summed E-state index contributed by atoms with van der Waals surface area (Å²) in [5, 5.41) is 2.81. The van der Waals surface area contributed by atoms with Gasteiger partial charge in [-0.2, -0.15) is 0 Å². The van der Waals surface area contributed by atoms with Gasteiger partial charge in [-0.15, -0.1) is 0 Å². The van der Waals surface area contributed by atoms with Gasteiger partial charge >= 0.3 is 0 Å². The van der Waals surface area contributed by atoms with Crippen molar-refractivity contribution in [1.29, 1.82) is 0 Å². The fraction of sp³-hybridized carbons (Fsp3) is 0.214. The van der Waals surface area contributed by atoms with Crippen LogP contribution >= 0.6 is 11.6 Å². The first kappa shape index (κ1) is 15.1. The molecule has 1 N–H and O–H groups in total. The first-order valence-corrected chi connectivity index (χ1v) is 6.55. The van der Waals surface area contributed by atoms with Crippen molar-refractivity contribution in [3.63, 3.8) is 0 Å². The highest BCUT2D eigenvalue weighted by molar-refractivity contribution is 6.29. The van der Waals surface area contributed by atoms with Gasteiger partial charge in [0.05, 0.1) is 7.11 Å². The lowest BCUT2D eigenvalue weighted by atomic mass is 10.3. The van der Waals surface area contributed by atoms with Gasteiger partial charge in [0.2, 0.25) is 5.91 Å². The van der Waals surface area contributed by atoms with E-state index >= 15 is 0 Å². The van der Waals surface area contributed by atoms with E-state index < -0.39 is 0 Å². The Kier molecular flexibility index (Phi) is 4.59. The van der Waals surface area contributed by atoms with Crippen LogP contribution in [0.3, 0.4) is 0 Å². The van der Waals surface area contributed by atoms with Gasteiger partial charge in [0.1, 0.15) is 23.3 Å². The Balaban J connectivity index is 2.13. The summed E-state index contributed by atoms with van der Waals surface area (Å²) in [5.41, 5.74) is 0.222. The van der Waals surface area contributed by atoms with Gasteiger partial charge in [-0.1, -0.05) is 17.7 Å². The summed E-state index contributed by atoms with van der Waals surface area (Å²) in [6.07, 6.45) is 0. The van der Waals surface area contributed by atoms with Crippen LogP contribution in [0.25, 0.3) is 0 Å². The number of ether oxygens (including phenoxy) is 1. The van der Waals surface area contributed by atoms with E-state index in [0.717, 1.165) is 0 Å². The normalized spacial score (nSPS) is 10.2. The molecule has 0 radical (unpaired) electrons. The Bertz CT molecular complexity index is 728. The molecule has 0 aliphatic heterocycles. The number of nitrogens with one attached hydrogen (secondary N) is 1. The third kappa shape index (κ3) is 3.82. The number of rotatable bonds is 4. The minimum absolute atomic E-state index is 0.113. The van der Waals surface area contributed by atoms with Crippen LogP contribution in [0, 0.1) is 6.92 Å². The van der Waals surface area contributed by atoms with Crippen LogP contribution in [0.1, 0.15) is 5.82 Å². The maximum Gasteiger partial charge on any atom is 0.255 e. The van der Waals surface area contributed by atoms with Crippen molar-refractivity contribution in [2.45, 2.75) is 13.5 Å². The van der Waals surface area contributed by atoms with Crippen molar-refractivity contribution in [3.8, 4) is 5.75 Å². The van der Waals surface area contributed by atoms with Crippen molar-refractivity contribution < 1.29 is 9.53 Å². The molecule has 2 rings (SSSR count). The molecule has 0 saturated carbocycles. The highest BCUT2D eigenvalue weighted by Crippen LogP contribution is 2.16. The molecule has 2 aromatic rings. The standard InChI is InChI=1S/C14H14ClN3O3/c1-9-16-12(15)7-14(20)18(9)8-13(19)17-10-4-3-5-11(6-10)21-2/h3-7H,8H2,1-2H3,(H,17,19). The van der Waals surface area contributed by atoms with E-state index in [1.165, 1.54) is 10.6 Å². The molecule has 0 bridgehead atoms. The smallest absolute Gasteiger partial charge is 0.255 e. The molecule has 0 spiro atoms. The van der Waals surface area contributed by atoms with E-state index in [0.29, 0.717) is 17.3 Å². The van der Waals surface area contributed by atoms with Crippen LogP contribution in [0.2, 0.25) is 5.15 Å². The zero-order chi connectivity index (χ0) is 15.4. The highest BCUT2D eigenvalue weighted by Gasteiger charge is 2.09. The Morgan fingerprint density at radius 3 is 2.86 bits per heavy atom. The largest absolute Gasteiger partial charge is 0.497 e. The Morgan fingerprint density at radius 1 is 1.43 bits per heavy atom. The molecule has 1 aromatic carbocycles. The first-order chi connectivity index (χ1) is 9.99. The summed E-state index contributed by atoms with van der Waals surface area (Å²) < 4.78 is 6.33. The number of aromatic nitrogens is 2. The van der Waals surface area contributed by atoms with Crippen molar-refractivity contribution in [3.05, 3.63) is 51.7 Å². The second-order valence-corrected chi connectivity index (χ2v) is 4.72. The molecule has 1 amide bonds. The minimum Gasteiger partial charge on any atom is -0.497 e. The second kappa shape index (κ2) is 6.41. The van der Waals surface area contributed by atoms with E-state index in [1.54, 1.807) is 38.3 Å². The number of halogens is 1. The Morgan fingerprint density at radius 2 is 2.19 bits per heavy atom. The molecule has 0 atom stereocenters. The van der Waals surface area contributed by atoms with Crippen LogP contribution in [0.5, 0.6) is 5.75 Å². The molecule has 0 saturated heterocycles. The van der Waals surface area contributed by atoms with Gasteiger partial charge in [-0.05, 0) is 19.1 Å². The third-order valence-corrected chi connectivity index (χ3v) is 3.02. The zero-order valence-corrected chi connectivity index (χ0v) is 12.3. The lowest BCUT2D eigenvalue weighted by Gasteiger charge is -2.10. The fourth-order valence-electron chi connectivity index (χ4n) is 1.82. The number of carbonyl (C=O) groups is 1. The molecule has 6 nitrogen and oxygen atoms in total. The molecular formula is C14H14ClN3O3. The van der Waals surface area contributed by atoms with E-state index in [-0.39, 0.29) is 23.2 Å². The number of methoxy groups -OCH3 is 1. The van der Waals surface area contributed by atoms with E-state index in [2.05, 4.69) is 10.3 Å². The molecule has 110 valence electrons. The van der Waals surface area contributed by atoms with Crippen LogP contribution in [-0.4, -0.2) is 22.6 Å². The Hall–Kier alpha value is -2.34. The molecule has 0 unspecified atom stereocenters. The fourth-order valence-corrected chi connectivity index (χ4v) is 2.04. The zero-order valence-electron chi connectivity index (χ0n) is 11.6. The van der Waals surface area contributed by atoms with Crippen molar-refractivity contribution in [1.82, 2.24) is 9.55 Å². The summed E-state index contributed by atoms with van der Waals surface area (Å²) in [5.74, 6) is 0.681. The van der Waals surface area contributed by atoms with Crippen molar-refractivity contribution in [2.24, 2.45) is 0 Å². The minimum atomic E-state index is -0.367. The monoisotopic (exact) mass is 307 g/mol. The molecule has 1 heterocycles. The summed E-state index contributed by atoms with van der Waals surface area (Å²) in [7, 11) is 1.54. The summed E-state index contributed by atoms with van der Waals surface area (Å²) in [6.45, 7) is 1.48. The van der Waals surface area contributed by atoms with Crippen LogP contribution in [0.15, 0.2) is 35.1 Å². The first-order valence-electron chi connectivity index (χ1n) is 6.17. The van der Waals surface area contributed by atoms with E-state index in [1.807, 2.05) is 0 Å². The third-order valence-electron chi connectivity index (χ3n) is 2.82. The van der Waals surface area contributed by atoms with Gasteiger partial charge in [-0.25, -0.2) is 4.98 Å². The lowest BCUT2D eigenvalue weighted by molar-refractivity contribution is -0.116.